The number of halogens is 1. The van der Waals surface area contributed by atoms with E-state index in [1.807, 2.05) is 0 Å². The second-order valence-corrected chi connectivity index (χ2v) is 6.28. The summed E-state index contributed by atoms with van der Waals surface area (Å²) in [6.45, 7) is 1.43. The van der Waals surface area contributed by atoms with Crippen LogP contribution in [0.3, 0.4) is 0 Å². The van der Waals surface area contributed by atoms with Crippen molar-refractivity contribution in [3.05, 3.63) is 27.8 Å². The Kier molecular flexibility index (Phi) is 4.90. The van der Waals surface area contributed by atoms with Crippen molar-refractivity contribution in [1.29, 1.82) is 0 Å². The Labute approximate surface area is 114 Å². The number of sulfonamides is 1. The molecule has 17 heavy (non-hydrogen) atoms. The first kappa shape index (κ1) is 14.4. The Morgan fingerprint density at radius 3 is 2.35 bits per heavy atom. The average Bonchev–Trinajstić information content (AvgIpc) is 2.27. The molecule has 94 valence electrons. The summed E-state index contributed by atoms with van der Waals surface area (Å²) in [7, 11) is -2.48. The van der Waals surface area contributed by atoms with E-state index >= 15 is 0 Å². The van der Waals surface area contributed by atoms with Gasteiger partial charge in [-0.1, -0.05) is 0 Å². The number of rotatable bonds is 4. The molecule has 1 aromatic carbocycles. The molecular formula is C10H12INO4S. The van der Waals surface area contributed by atoms with Gasteiger partial charge in [0, 0.05) is 3.57 Å². The molecule has 0 fully saturated rings. The van der Waals surface area contributed by atoms with Gasteiger partial charge in [-0.3, -0.25) is 4.79 Å². The first-order chi connectivity index (χ1) is 7.86. The number of hydrogen-bond acceptors (Lipinski definition) is 4. The molecular weight excluding hydrogens is 357 g/mol. The van der Waals surface area contributed by atoms with Crippen LogP contribution < -0.4 is 4.72 Å². The average molecular weight is 369 g/mol. The minimum Gasteiger partial charge on any atom is -0.468 e. The highest BCUT2D eigenvalue weighted by Gasteiger charge is 2.22. The topological polar surface area (TPSA) is 72.5 Å². The fourth-order valence-electron chi connectivity index (χ4n) is 1.14. The zero-order chi connectivity index (χ0) is 13.1. The lowest BCUT2D eigenvalue weighted by Gasteiger charge is -2.12. The molecule has 0 aliphatic rings. The maximum Gasteiger partial charge on any atom is 0.323 e. The van der Waals surface area contributed by atoms with Gasteiger partial charge in [0.25, 0.3) is 0 Å². The van der Waals surface area contributed by atoms with Crippen LogP contribution in [0.25, 0.3) is 0 Å². The number of ether oxygens (including phenoxy) is 1. The highest BCUT2D eigenvalue weighted by atomic mass is 127. The van der Waals surface area contributed by atoms with Crippen molar-refractivity contribution in [3.8, 4) is 0 Å². The lowest BCUT2D eigenvalue weighted by atomic mass is 10.4. The molecule has 1 N–H and O–H groups in total. The van der Waals surface area contributed by atoms with E-state index in [-0.39, 0.29) is 4.90 Å². The summed E-state index contributed by atoms with van der Waals surface area (Å²) in [6, 6.07) is 5.40. The molecule has 0 saturated heterocycles. The van der Waals surface area contributed by atoms with Crippen molar-refractivity contribution in [1.82, 2.24) is 4.72 Å². The normalized spacial score (nSPS) is 13.1. The predicted octanol–water partition coefficient (Wildman–Crippen LogP) is 1.13. The Hall–Kier alpha value is -0.670. The molecule has 0 aliphatic heterocycles. The van der Waals surface area contributed by atoms with Crippen molar-refractivity contribution >= 4 is 38.6 Å². The summed E-state index contributed by atoms with van der Waals surface area (Å²) in [5.74, 6) is -0.626. The van der Waals surface area contributed by atoms with Crippen molar-refractivity contribution in [2.24, 2.45) is 0 Å². The van der Waals surface area contributed by atoms with Crippen molar-refractivity contribution < 1.29 is 17.9 Å². The molecule has 0 amide bonds. The van der Waals surface area contributed by atoms with Gasteiger partial charge in [0.05, 0.1) is 12.0 Å². The van der Waals surface area contributed by atoms with E-state index in [0.717, 1.165) is 3.57 Å². The maximum absolute atomic E-state index is 11.9. The van der Waals surface area contributed by atoms with Gasteiger partial charge in [-0.2, -0.15) is 4.72 Å². The third kappa shape index (κ3) is 3.93. The number of carbonyl (C=O) groups is 1. The van der Waals surface area contributed by atoms with E-state index in [1.54, 1.807) is 12.1 Å². The molecule has 7 heteroatoms. The lowest BCUT2D eigenvalue weighted by Crippen LogP contribution is -2.39. The Bertz CT molecular complexity index is 498. The van der Waals surface area contributed by atoms with Crippen LogP contribution in [-0.2, 0) is 19.6 Å². The molecule has 0 heterocycles. The van der Waals surface area contributed by atoms with Crippen molar-refractivity contribution in [2.45, 2.75) is 17.9 Å². The Morgan fingerprint density at radius 1 is 1.35 bits per heavy atom. The third-order valence-corrected chi connectivity index (χ3v) is 4.29. The molecule has 0 spiro atoms. The Morgan fingerprint density at radius 2 is 1.88 bits per heavy atom. The van der Waals surface area contributed by atoms with Crippen LogP contribution in [0.1, 0.15) is 6.92 Å². The quantitative estimate of drug-likeness (QED) is 0.638. The van der Waals surface area contributed by atoms with Crippen molar-refractivity contribution in [3.63, 3.8) is 0 Å². The predicted molar refractivity (Wildman–Crippen MR) is 71.0 cm³/mol. The number of nitrogens with one attached hydrogen (secondary N) is 1. The number of carbonyl (C=O) groups excluding carboxylic acids is 1. The fraction of sp³-hybridized carbons (Fsp3) is 0.300. The lowest BCUT2D eigenvalue weighted by molar-refractivity contribution is -0.142. The largest absolute Gasteiger partial charge is 0.468 e. The fourth-order valence-corrected chi connectivity index (χ4v) is 2.69. The number of methoxy groups -OCH3 is 1. The monoisotopic (exact) mass is 369 g/mol. The second kappa shape index (κ2) is 5.78. The van der Waals surface area contributed by atoms with E-state index in [0.29, 0.717) is 0 Å². The molecule has 1 rings (SSSR count). The number of benzene rings is 1. The first-order valence-electron chi connectivity index (χ1n) is 4.72. The SMILES string of the molecule is COC(=O)C(C)NS(=O)(=O)c1ccc(I)cc1. The number of esters is 1. The summed E-state index contributed by atoms with van der Waals surface area (Å²) in [5.41, 5.74) is 0. The van der Waals surface area contributed by atoms with Crippen LogP contribution in [0.4, 0.5) is 0 Å². The van der Waals surface area contributed by atoms with Gasteiger partial charge in [-0.05, 0) is 53.8 Å². The number of hydrogen-bond donors (Lipinski definition) is 1. The van der Waals surface area contributed by atoms with Gasteiger partial charge in [-0.15, -0.1) is 0 Å². The van der Waals surface area contributed by atoms with E-state index in [2.05, 4.69) is 32.0 Å². The zero-order valence-electron chi connectivity index (χ0n) is 9.31. The van der Waals surface area contributed by atoms with Crippen LogP contribution in [0.5, 0.6) is 0 Å². The summed E-state index contributed by atoms with van der Waals surface area (Å²) in [6.07, 6.45) is 0. The molecule has 0 saturated carbocycles. The maximum atomic E-state index is 11.9. The van der Waals surface area contributed by atoms with E-state index in [4.69, 9.17) is 0 Å². The minimum absolute atomic E-state index is 0.119. The molecule has 1 aromatic rings. The van der Waals surface area contributed by atoms with Crippen molar-refractivity contribution in [2.75, 3.05) is 7.11 Å². The molecule has 0 radical (unpaired) electrons. The third-order valence-electron chi connectivity index (χ3n) is 2.01. The summed E-state index contributed by atoms with van der Waals surface area (Å²) in [5, 5.41) is 0. The standard InChI is InChI=1S/C10H12INO4S/c1-7(10(13)16-2)12-17(14,15)9-5-3-8(11)4-6-9/h3-7,12H,1-2H3. The first-order valence-corrected chi connectivity index (χ1v) is 7.29. The smallest absolute Gasteiger partial charge is 0.323 e. The van der Waals surface area contributed by atoms with Gasteiger partial charge in [0.15, 0.2) is 0 Å². The van der Waals surface area contributed by atoms with Gasteiger partial charge in [0.2, 0.25) is 10.0 Å². The van der Waals surface area contributed by atoms with E-state index in [1.165, 1.54) is 26.2 Å². The molecule has 1 unspecified atom stereocenters. The van der Waals surface area contributed by atoms with Crippen LogP contribution in [-0.4, -0.2) is 27.5 Å². The highest BCUT2D eigenvalue weighted by molar-refractivity contribution is 14.1. The second-order valence-electron chi connectivity index (χ2n) is 3.32. The molecule has 1 atom stereocenters. The molecule has 0 aromatic heterocycles. The molecule has 5 nitrogen and oxygen atoms in total. The van der Waals surface area contributed by atoms with Gasteiger partial charge >= 0.3 is 5.97 Å². The van der Waals surface area contributed by atoms with E-state index in [9.17, 15) is 13.2 Å². The zero-order valence-corrected chi connectivity index (χ0v) is 12.3. The molecule has 0 aliphatic carbocycles. The minimum atomic E-state index is -3.69. The van der Waals surface area contributed by atoms with E-state index < -0.39 is 22.0 Å². The highest BCUT2D eigenvalue weighted by Crippen LogP contribution is 2.12. The van der Waals surface area contributed by atoms with Crippen LogP contribution >= 0.6 is 22.6 Å². The Balaban J connectivity index is 2.89. The summed E-state index contributed by atoms with van der Waals surface area (Å²) < 4.78 is 31.3. The summed E-state index contributed by atoms with van der Waals surface area (Å²) in [4.78, 5) is 11.2. The van der Waals surface area contributed by atoms with Gasteiger partial charge < -0.3 is 4.74 Å². The van der Waals surface area contributed by atoms with Crippen LogP contribution in [0.15, 0.2) is 29.2 Å². The van der Waals surface area contributed by atoms with Crippen LogP contribution in [0.2, 0.25) is 0 Å². The summed E-state index contributed by atoms with van der Waals surface area (Å²) >= 11 is 2.08. The van der Waals surface area contributed by atoms with Gasteiger partial charge in [0.1, 0.15) is 6.04 Å². The van der Waals surface area contributed by atoms with Gasteiger partial charge in [-0.25, -0.2) is 8.42 Å². The van der Waals surface area contributed by atoms with Crippen LogP contribution in [0, 0.1) is 3.57 Å². The molecule has 0 bridgehead atoms.